The number of anilines is 1. The molecule has 0 radical (unpaired) electrons. The normalized spacial score (nSPS) is 31.7. The largest absolute Gasteiger partial charge is 0.274 e. The number of rotatable bonds is 2. The molecule has 2 amide bonds. The highest BCUT2D eigenvalue weighted by atomic mass is 79.9. The molecule has 27 heavy (non-hydrogen) atoms. The van der Waals surface area contributed by atoms with E-state index >= 15 is 0 Å². The number of imide groups is 1. The van der Waals surface area contributed by atoms with E-state index in [1.165, 1.54) is 10.5 Å². The van der Waals surface area contributed by atoms with Gasteiger partial charge in [0.1, 0.15) is 0 Å². The van der Waals surface area contributed by atoms with Gasteiger partial charge in [0.15, 0.2) is 0 Å². The van der Waals surface area contributed by atoms with E-state index in [0.717, 1.165) is 34.1 Å². The topological polar surface area (TPSA) is 37.4 Å². The second kappa shape index (κ2) is 6.03. The number of carbonyl (C=O) groups excluding carboxylic acids is 2. The van der Waals surface area contributed by atoms with Crippen molar-refractivity contribution in [2.24, 2.45) is 23.7 Å². The van der Waals surface area contributed by atoms with Crippen molar-refractivity contribution in [1.82, 2.24) is 0 Å². The second-order valence-corrected chi connectivity index (χ2v) is 9.16. The fourth-order valence-electron chi connectivity index (χ4n) is 5.85. The summed E-state index contributed by atoms with van der Waals surface area (Å²) in [5, 5.41) is 0. The summed E-state index contributed by atoms with van der Waals surface area (Å²) in [6, 6.07) is 14.4. The van der Waals surface area contributed by atoms with Gasteiger partial charge in [0.05, 0.1) is 17.5 Å². The lowest BCUT2D eigenvalue weighted by atomic mass is 9.73. The maximum Gasteiger partial charge on any atom is 0.237 e. The van der Waals surface area contributed by atoms with Gasteiger partial charge in [-0.3, -0.25) is 14.5 Å². The lowest BCUT2D eigenvalue weighted by molar-refractivity contribution is -0.123. The number of aryl methyl sites for hydroxylation is 2. The third-order valence-corrected chi connectivity index (χ3v) is 8.17. The van der Waals surface area contributed by atoms with Crippen molar-refractivity contribution in [3.05, 3.63) is 63.6 Å². The molecular weight excluding hydrogens is 402 g/mol. The fraction of sp³-hybridized carbons (Fsp3) is 0.391. The van der Waals surface area contributed by atoms with Crippen molar-refractivity contribution < 1.29 is 9.59 Å². The van der Waals surface area contributed by atoms with Crippen LogP contribution in [0.1, 0.15) is 35.4 Å². The summed E-state index contributed by atoms with van der Waals surface area (Å²) < 4.78 is 1.04. The molecule has 0 N–H and O–H groups in total. The van der Waals surface area contributed by atoms with Crippen LogP contribution in [0.15, 0.2) is 46.9 Å². The Bertz CT molecular complexity index is 931. The predicted octanol–water partition coefficient (Wildman–Crippen LogP) is 5.00. The molecule has 1 saturated heterocycles. The number of carbonyl (C=O) groups is 2. The monoisotopic (exact) mass is 423 g/mol. The first-order chi connectivity index (χ1) is 13.0. The molecule has 1 aliphatic heterocycles. The van der Waals surface area contributed by atoms with Gasteiger partial charge in [-0.05, 0) is 73.3 Å². The van der Waals surface area contributed by atoms with Crippen LogP contribution < -0.4 is 4.90 Å². The quantitative estimate of drug-likeness (QED) is 0.637. The van der Waals surface area contributed by atoms with Gasteiger partial charge in [0.25, 0.3) is 0 Å². The van der Waals surface area contributed by atoms with Crippen molar-refractivity contribution in [2.45, 2.75) is 32.6 Å². The van der Waals surface area contributed by atoms with Crippen LogP contribution in [0.3, 0.4) is 0 Å². The number of hydrogen-bond acceptors (Lipinski definition) is 2. The zero-order valence-corrected chi connectivity index (χ0v) is 17.1. The Morgan fingerprint density at radius 2 is 1.56 bits per heavy atom. The average molecular weight is 424 g/mol. The summed E-state index contributed by atoms with van der Waals surface area (Å²) in [5.74, 6) is 0.801. The van der Waals surface area contributed by atoms with Gasteiger partial charge in [-0.2, -0.15) is 0 Å². The Morgan fingerprint density at radius 1 is 0.926 bits per heavy atom. The Morgan fingerprint density at radius 3 is 2.22 bits per heavy atom. The minimum Gasteiger partial charge on any atom is -0.274 e. The van der Waals surface area contributed by atoms with Crippen molar-refractivity contribution in [3.63, 3.8) is 0 Å². The highest BCUT2D eigenvalue weighted by Crippen LogP contribution is 2.61. The lowest BCUT2D eigenvalue weighted by Crippen LogP contribution is -2.33. The third kappa shape index (κ3) is 2.39. The SMILES string of the molecule is Cc1cc(N2C(=O)C3C4CC(c5ccccc5)C(C4)C3C2=O)cc(C)c1Br. The highest BCUT2D eigenvalue weighted by molar-refractivity contribution is 9.10. The molecule has 2 bridgehead atoms. The third-order valence-electron chi connectivity index (χ3n) is 6.92. The number of nitrogens with zero attached hydrogens (tertiary/aromatic N) is 1. The molecule has 4 heteroatoms. The minimum absolute atomic E-state index is 0.0132. The van der Waals surface area contributed by atoms with Gasteiger partial charge in [0.2, 0.25) is 11.8 Å². The van der Waals surface area contributed by atoms with Gasteiger partial charge in [0, 0.05) is 4.47 Å². The molecule has 1 heterocycles. The van der Waals surface area contributed by atoms with E-state index in [4.69, 9.17) is 0 Å². The maximum absolute atomic E-state index is 13.4. The van der Waals surface area contributed by atoms with Crippen LogP contribution in [-0.4, -0.2) is 11.8 Å². The summed E-state index contributed by atoms with van der Waals surface area (Å²) in [4.78, 5) is 28.1. The van der Waals surface area contributed by atoms with Gasteiger partial charge in [-0.15, -0.1) is 0 Å². The van der Waals surface area contributed by atoms with Gasteiger partial charge in [-0.25, -0.2) is 0 Å². The highest BCUT2D eigenvalue weighted by Gasteiger charge is 2.64. The van der Waals surface area contributed by atoms with Crippen LogP contribution in [0, 0.1) is 37.5 Å². The molecule has 138 valence electrons. The van der Waals surface area contributed by atoms with Crippen LogP contribution in [0.5, 0.6) is 0 Å². The van der Waals surface area contributed by atoms with Crippen LogP contribution >= 0.6 is 15.9 Å². The van der Waals surface area contributed by atoms with E-state index in [-0.39, 0.29) is 23.7 Å². The average Bonchev–Trinajstić information content (AvgIpc) is 3.32. The van der Waals surface area contributed by atoms with Crippen LogP contribution in [0.4, 0.5) is 5.69 Å². The number of hydrogen-bond donors (Lipinski definition) is 0. The molecule has 2 aromatic rings. The molecule has 5 atom stereocenters. The Kier molecular flexibility index (Phi) is 3.84. The van der Waals surface area contributed by atoms with E-state index < -0.39 is 0 Å². The summed E-state index contributed by atoms with van der Waals surface area (Å²) in [7, 11) is 0. The molecule has 3 nitrogen and oxygen atoms in total. The van der Waals surface area contributed by atoms with Crippen molar-refractivity contribution in [1.29, 1.82) is 0 Å². The van der Waals surface area contributed by atoms with E-state index in [9.17, 15) is 9.59 Å². The van der Waals surface area contributed by atoms with E-state index in [1.54, 1.807) is 0 Å². The summed E-state index contributed by atoms with van der Waals surface area (Å²) in [6.07, 6.45) is 2.04. The molecular formula is C23H22BrNO2. The molecule has 0 aromatic heterocycles. The summed E-state index contributed by atoms with van der Waals surface area (Å²) >= 11 is 3.58. The Hall–Kier alpha value is -1.94. The maximum atomic E-state index is 13.4. The van der Waals surface area contributed by atoms with Gasteiger partial charge < -0.3 is 0 Å². The predicted molar refractivity (Wildman–Crippen MR) is 108 cm³/mol. The second-order valence-electron chi connectivity index (χ2n) is 8.37. The Labute approximate surface area is 167 Å². The summed E-state index contributed by atoms with van der Waals surface area (Å²) in [5.41, 5.74) is 4.14. The first-order valence-electron chi connectivity index (χ1n) is 9.67. The van der Waals surface area contributed by atoms with E-state index in [0.29, 0.717) is 17.8 Å². The molecule has 2 saturated carbocycles. The van der Waals surface area contributed by atoms with E-state index in [1.807, 2.05) is 32.0 Å². The van der Waals surface area contributed by atoms with Crippen molar-refractivity contribution in [2.75, 3.05) is 4.90 Å². The molecule has 3 aliphatic rings. The number of halogens is 1. The zero-order valence-electron chi connectivity index (χ0n) is 15.5. The molecule has 3 fully saturated rings. The van der Waals surface area contributed by atoms with Gasteiger partial charge >= 0.3 is 0 Å². The van der Waals surface area contributed by atoms with Gasteiger partial charge in [-0.1, -0.05) is 46.3 Å². The number of benzene rings is 2. The fourth-order valence-corrected chi connectivity index (χ4v) is 6.08. The molecule has 2 aliphatic carbocycles. The number of fused-ring (bicyclic) bond motifs is 5. The van der Waals surface area contributed by atoms with Crippen LogP contribution in [0.2, 0.25) is 0 Å². The first kappa shape index (κ1) is 17.2. The van der Waals surface area contributed by atoms with Crippen molar-refractivity contribution >= 4 is 33.4 Å². The van der Waals surface area contributed by atoms with Crippen molar-refractivity contribution in [3.8, 4) is 0 Å². The molecule has 5 unspecified atom stereocenters. The molecule has 5 rings (SSSR count). The van der Waals surface area contributed by atoms with E-state index in [2.05, 4.69) is 40.2 Å². The molecule has 2 aromatic carbocycles. The smallest absolute Gasteiger partial charge is 0.237 e. The standard InChI is InChI=1S/C23H22BrNO2/c1-12-8-16(9-13(2)21(12)24)25-22(26)19-15-10-17(14-6-4-3-5-7-14)18(11-15)20(19)23(25)27/h3-9,15,17-20H,10-11H2,1-2H3. The first-order valence-corrected chi connectivity index (χ1v) is 10.5. The Balaban J connectivity index is 1.51. The lowest BCUT2D eigenvalue weighted by Gasteiger charge is -2.28. The van der Waals surface area contributed by atoms with Crippen LogP contribution in [-0.2, 0) is 9.59 Å². The number of amides is 2. The van der Waals surface area contributed by atoms with Crippen LogP contribution in [0.25, 0.3) is 0 Å². The molecule has 0 spiro atoms. The summed E-state index contributed by atoms with van der Waals surface area (Å²) in [6.45, 7) is 4.00. The zero-order chi connectivity index (χ0) is 18.9. The minimum atomic E-state index is -0.147.